The molecule has 0 bridgehead atoms. The molecular formula is C116H151ClF5N11. The molecule has 0 aromatic carbocycles. The number of imidazole rings is 2. The lowest BCUT2D eigenvalue weighted by atomic mass is 9.89. The molecule has 0 amide bonds. The summed E-state index contributed by atoms with van der Waals surface area (Å²) in [6.07, 6.45) is 12.0. The van der Waals surface area contributed by atoms with Crippen LogP contribution in [0.3, 0.4) is 0 Å². The van der Waals surface area contributed by atoms with E-state index in [-0.39, 0.29) is 69.4 Å². The fourth-order valence-electron chi connectivity index (χ4n) is 17.1. The highest BCUT2D eigenvalue weighted by atomic mass is 35.5. The van der Waals surface area contributed by atoms with Gasteiger partial charge in [-0.25, -0.2) is 18.7 Å². The molecule has 17 heteroatoms. The fraction of sp³-hybridized carbons (Fsp3) is 0.397. The van der Waals surface area contributed by atoms with Gasteiger partial charge < -0.3 is 39.6 Å². The Labute approximate surface area is 795 Å². The van der Waals surface area contributed by atoms with E-state index in [1.54, 1.807) is 22.9 Å². The van der Waals surface area contributed by atoms with Gasteiger partial charge in [0.25, 0.3) is 0 Å². The van der Waals surface area contributed by atoms with Crippen LogP contribution in [0.2, 0.25) is 5.02 Å². The third-order valence-electron chi connectivity index (χ3n) is 23.0. The molecule has 0 fully saturated rings. The maximum atomic E-state index is 13.6. The monoisotopic (exact) mass is 1830 g/mol. The molecule has 18 heterocycles. The minimum Gasteiger partial charge on any atom is -0.320 e. The van der Waals surface area contributed by atoms with Gasteiger partial charge in [0.05, 0.1) is 22.0 Å². The summed E-state index contributed by atoms with van der Waals surface area (Å²) in [5, 5.41) is 0.777. The van der Waals surface area contributed by atoms with Gasteiger partial charge in [0, 0.05) is 194 Å². The fourth-order valence-corrected chi connectivity index (χ4v) is 17.3. The first kappa shape index (κ1) is 107. The summed E-state index contributed by atoms with van der Waals surface area (Å²) in [6.45, 7) is 71.4. The van der Waals surface area contributed by atoms with E-state index < -0.39 is 17.9 Å². The van der Waals surface area contributed by atoms with E-state index >= 15 is 0 Å². The maximum absolute atomic E-state index is 13.6. The van der Waals surface area contributed by atoms with Gasteiger partial charge in [-0.1, -0.05) is 238 Å². The van der Waals surface area contributed by atoms with Gasteiger partial charge in [-0.3, -0.25) is 0 Å². The number of alkyl halides is 4. The lowest BCUT2D eigenvalue weighted by Crippen LogP contribution is -2.17. The molecule has 0 saturated carbocycles. The number of halogens is 6. The predicted molar refractivity (Wildman–Crippen MR) is 557 cm³/mol. The molecule has 0 N–H and O–H groups in total. The molecule has 1 atom stereocenters. The summed E-state index contributed by atoms with van der Waals surface area (Å²) in [6, 6.07) is 68.7. The van der Waals surface area contributed by atoms with Crippen LogP contribution >= 0.6 is 11.6 Å². The van der Waals surface area contributed by atoms with E-state index in [1.165, 1.54) is 120 Å². The summed E-state index contributed by atoms with van der Waals surface area (Å²) in [5.74, 6) is -0.184. The highest BCUT2D eigenvalue weighted by Crippen LogP contribution is 2.37. The summed E-state index contributed by atoms with van der Waals surface area (Å²) in [4.78, 5) is 8.39. The first-order valence-corrected chi connectivity index (χ1v) is 46.0. The second kappa shape index (κ2) is 41.2. The molecule has 0 radical (unpaired) electrons. The molecule has 18 rings (SSSR count). The summed E-state index contributed by atoms with van der Waals surface area (Å²) < 4.78 is 83.4. The van der Waals surface area contributed by atoms with Crippen LogP contribution in [0.4, 0.5) is 22.0 Å². The van der Waals surface area contributed by atoms with E-state index in [2.05, 4.69) is 408 Å². The highest BCUT2D eigenvalue weighted by Gasteiger charge is 2.33. The summed E-state index contributed by atoms with van der Waals surface area (Å²) >= 11 is 5.98. The number of hydrogen-bond donors (Lipinski definition) is 0. The van der Waals surface area contributed by atoms with Crippen molar-refractivity contribution in [2.75, 3.05) is 0 Å². The molecular weight excluding hydrogens is 1680 g/mol. The average Bonchev–Trinajstić information content (AvgIpc) is 1.61. The lowest BCUT2D eigenvalue weighted by molar-refractivity contribution is -0.137. The Hall–Kier alpha value is -11.4. The van der Waals surface area contributed by atoms with E-state index in [0.717, 1.165) is 39.7 Å². The SMILES string of the molecule is C.C.CC(C)(C)c1ccc2cc(F)ccn12.CC(C)(C)c1ccc2ccc(Cl)cn12.CC(C)(C)c1ccc2ccccn12.CC(C)(C)c1cnc2cc(C(F)(F)F)ccn12.CC(F)c1nc2ccccn2c1C(C)(C)C.Cc1cc2ccccn2c1C(C)(C)C.Cc1cccc2ccc(C(C)(C)C)n12.Cc1ccn2c(C(C)(C)C)c(C)cc2c1.Cc1ccn2c(C(C)(C)C)ccc2c1. The lowest BCUT2D eigenvalue weighted by Gasteiger charge is -2.20. The summed E-state index contributed by atoms with van der Waals surface area (Å²) in [5.41, 5.74) is 28.5. The van der Waals surface area contributed by atoms with E-state index in [4.69, 9.17) is 11.6 Å². The predicted octanol–water partition coefficient (Wildman–Crippen LogP) is 33.6. The van der Waals surface area contributed by atoms with Crippen molar-refractivity contribution in [1.29, 1.82) is 0 Å². The van der Waals surface area contributed by atoms with E-state index in [1.807, 2.05) is 78.4 Å². The second-order valence-electron chi connectivity index (χ2n) is 44.1. The number of aryl methyl sites for hydroxylation is 5. The van der Waals surface area contributed by atoms with Crippen LogP contribution in [0.1, 0.15) is 305 Å². The molecule has 0 aliphatic rings. The number of rotatable bonds is 1. The molecule has 0 spiro atoms. The topological polar surface area (TPSA) is 65.5 Å². The maximum Gasteiger partial charge on any atom is 0.416 e. The largest absolute Gasteiger partial charge is 0.416 e. The molecule has 0 saturated heterocycles. The van der Waals surface area contributed by atoms with E-state index in [0.29, 0.717) is 11.3 Å². The third kappa shape index (κ3) is 26.2. The van der Waals surface area contributed by atoms with Crippen molar-refractivity contribution < 1.29 is 22.0 Å². The minimum absolute atomic E-state index is 0. The Morgan fingerprint density at radius 3 is 1.18 bits per heavy atom. The van der Waals surface area contributed by atoms with Crippen LogP contribution in [-0.4, -0.2) is 49.6 Å². The number of nitrogens with zero attached hydrogens (tertiary/aromatic N) is 11. The van der Waals surface area contributed by atoms with Crippen LogP contribution in [0.5, 0.6) is 0 Å². The zero-order valence-corrected chi connectivity index (χ0v) is 84.8. The van der Waals surface area contributed by atoms with Crippen molar-refractivity contribution in [3.8, 4) is 0 Å². The quantitative estimate of drug-likeness (QED) is 0.154. The molecule has 18 aromatic rings. The van der Waals surface area contributed by atoms with Crippen LogP contribution in [-0.2, 0) is 54.9 Å². The van der Waals surface area contributed by atoms with Crippen LogP contribution in [0.25, 0.3) is 49.9 Å². The first-order valence-electron chi connectivity index (χ1n) is 45.6. The third-order valence-corrected chi connectivity index (χ3v) is 23.2. The molecule has 712 valence electrons. The number of fused-ring (bicyclic) bond motifs is 9. The molecule has 11 nitrogen and oxygen atoms in total. The molecule has 18 aromatic heterocycles. The number of hydrogen-bond acceptors (Lipinski definition) is 2. The van der Waals surface area contributed by atoms with Crippen LogP contribution in [0, 0.1) is 40.4 Å². The second-order valence-corrected chi connectivity index (χ2v) is 44.5. The summed E-state index contributed by atoms with van der Waals surface area (Å²) in [7, 11) is 0. The van der Waals surface area contributed by atoms with Gasteiger partial charge >= 0.3 is 6.18 Å². The normalized spacial score (nSPS) is 12.5. The average molecular weight is 1830 g/mol. The van der Waals surface area contributed by atoms with Crippen LogP contribution in [0.15, 0.2) is 262 Å². The molecule has 1 unspecified atom stereocenters. The Bertz CT molecular complexity index is 6810. The Morgan fingerprint density at radius 1 is 0.308 bits per heavy atom. The first-order chi connectivity index (χ1) is 60.5. The van der Waals surface area contributed by atoms with Gasteiger partial charge in [0.2, 0.25) is 0 Å². The molecule has 133 heavy (non-hydrogen) atoms. The van der Waals surface area contributed by atoms with E-state index in [9.17, 15) is 22.0 Å². The van der Waals surface area contributed by atoms with Gasteiger partial charge in [-0.2, -0.15) is 13.2 Å². The Balaban J connectivity index is 0.000000184. The smallest absolute Gasteiger partial charge is 0.320 e. The van der Waals surface area contributed by atoms with Crippen molar-refractivity contribution >= 4 is 61.5 Å². The standard InChI is InChI=1S/C14H19N.C13H17FN2.3C13H17N.C12H14ClN.C12H13F3N2.C12H14FN.C12H15N.2CH4/c1-10-6-7-15-12(8-10)9-11(2)13(15)14(3,4)5;1-9(14)11-12(13(2,3)4)16-8-6-5-7-10(16)15-11;1-10-7-8-14-11(9-10)5-6-12(14)13(2,3)4;1-10-6-5-7-11-8-9-12(14(10)11)13(2,3)4;1-10-9-11-7-5-6-8-14(11)12(10)13(2,3)4;1-12(2,3)11-7-6-10-5-4-9(13)8-14(10)11;1-11(2,3)9-7-16-10-6-8(12(13,14)15)4-5-17(9)10;1-12(2,3)11-5-4-10-8-9(13)6-7-14(10)11;1-12(2,3)11-8-7-10-6-4-5-9-13(10)11;;/h6-9H,1-5H3;5-9H,1-4H3;3*5-9H,1-4H3;4-8H,1-3H3;4-7H,1-3H3;4-8H,1-3H3;4-9H,1-3H3;2*1H4. The van der Waals surface area contributed by atoms with Crippen molar-refractivity contribution in [3.63, 3.8) is 0 Å². The number of aromatic nitrogens is 11. The zero-order valence-electron chi connectivity index (χ0n) is 84.1. The van der Waals surface area contributed by atoms with Crippen molar-refractivity contribution in [2.45, 2.75) is 304 Å². The zero-order chi connectivity index (χ0) is 97.2. The highest BCUT2D eigenvalue weighted by molar-refractivity contribution is 6.30. The van der Waals surface area contributed by atoms with Gasteiger partial charge in [-0.15, -0.1) is 0 Å². The van der Waals surface area contributed by atoms with Crippen molar-refractivity contribution in [2.24, 2.45) is 0 Å². The minimum atomic E-state index is -4.32. The molecule has 0 aliphatic heterocycles. The van der Waals surface area contributed by atoms with Gasteiger partial charge in [-0.05, 0) is 246 Å². The van der Waals surface area contributed by atoms with Crippen molar-refractivity contribution in [3.05, 3.63) is 363 Å². The number of pyridine rings is 9. The van der Waals surface area contributed by atoms with Gasteiger partial charge in [0.1, 0.15) is 23.3 Å². The Kier molecular flexibility index (Phi) is 33.2. The molecule has 0 aliphatic carbocycles. The van der Waals surface area contributed by atoms with Crippen LogP contribution < -0.4 is 0 Å². The van der Waals surface area contributed by atoms with Crippen molar-refractivity contribution in [1.82, 2.24) is 49.6 Å². The Morgan fingerprint density at radius 2 is 0.684 bits per heavy atom. The van der Waals surface area contributed by atoms with Gasteiger partial charge in [0.15, 0.2) is 0 Å².